The second-order valence-corrected chi connectivity index (χ2v) is 6.66. The number of halogens is 1. The zero-order chi connectivity index (χ0) is 17.6. The molecular weight excluding hydrogens is 336 g/mol. The number of nitrogens with zero attached hydrogens (tertiary/aromatic N) is 1. The van der Waals surface area contributed by atoms with E-state index < -0.39 is 0 Å². The van der Waals surface area contributed by atoms with Crippen molar-refractivity contribution < 1.29 is 9.59 Å². The molecule has 0 bridgehead atoms. The molecule has 0 aliphatic carbocycles. The second-order valence-electron chi connectivity index (χ2n) is 6.25. The Kier molecular flexibility index (Phi) is 5.71. The van der Waals surface area contributed by atoms with Crippen molar-refractivity contribution >= 4 is 29.1 Å². The summed E-state index contributed by atoms with van der Waals surface area (Å²) < 4.78 is 0. The van der Waals surface area contributed by atoms with Crippen LogP contribution in [0.15, 0.2) is 48.5 Å². The predicted octanol–water partition coefficient (Wildman–Crippen LogP) is 4.15. The summed E-state index contributed by atoms with van der Waals surface area (Å²) in [6.45, 7) is 1.73. The number of hydrogen-bond acceptors (Lipinski definition) is 2. The maximum Gasteiger partial charge on any atom is 0.257 e. The lowest BCUT2D eigenvalue weighted by Crippen LogP contribution is -2.36. The van der Waals surface area contributed by atoms with Crippen molar-refractivity contribution in [3.8, 4) is 0 Å². The SMILES string of the molecule is O=C(Nc1ccc(CC(=O)N2CCCCC2)cc1)c1ccccc1Cl. The first-order valence-electron chi connectivity index (χ1n) is 8.56. The quantitative estimate of drug-likeness (QED) is 0.894. The molecule has 1 heterocycles. The van der Waals surface area contributed by atoms with Gasteiger partial charge in [0.25, 0.3) is 5.91 Å². The lowest BCUT2D eigenvalue weighted by atomic mass is 10.1. The van der Waals surface area contributed by atoms with Crippen LogP contribution in [-0.4, -0.2) is 29.8 Å². The number of rotatable bonds is 4. The molecule has 0 aromatic heterocycles. The van der Waals surface area contributed by atoms with Gasteiger partial charge in [0.2, 0.25) is 5.91 Å². The van der Waals surface area contributed by atoms with E-state index in [1.807, 2.05) is 29.2 Å². The molecule has 130 valence electrons. The molecule has 2 aromatic carbocycles. The summed E-state index contributed by atoms with van der Waals surface area (Å²) in [5, 5.41) is 3.24. The van der Waals surface area contributed by atoms with Gasteiger partial charge < -0.3 is 10.2 Å². The van der Waals surface area contributed by atoms with Gasteiger partial charge in [-0.2, -0.15) is 0 Å². The van der Waals surface area contributed by atoms with E-state index in [1.54, 1.807) is 24.3 Å². The molecule has 0 spiro atoms. The molecule has 1 N–H and O–H groups in total. The summed E-state index contributed by atoms with van der Waals surface area (Å²) >= 11 is 6.04. The van der Waals surface area contributed by atoms with Gasteiger partial charge in [-0.05, 0) is 49.1 Å². The van der Waals surface area contributed by atoms with E-state index in [-0.39, 0.29) is 11.8 Å². The molecule has 1 aliphatic rings. The van der Waals surface area contributed by atoms with Crippen molar-refractivity contribution in [1.82, 2.24) is 4.90 Å². The number of anilines is 1. The fourth-order valence-corrected chi connectivity index (χ4v) is 3.20. The first-order valence-corrected chi connectivity index (χ1v) is 8.94. The Morgan fingerprint density at radius 1 is 0.960 bits per heavy atom. The molecule has 4 nitrogen and oxygen atoms in total. The summed E-state index contributed by atoms with van der Waals surface area (Å²) in [5.41, 5.74) is 2.07. The molecule has 5 heteroatoms. The number of carbonyl (C=O) groups is 2. The molecule has 25 heavy (non-hydrogen) atoms. The lowest BCUT2D eigenvalue weighted by Gasteiger charge is -2.26. The number of likely N-dealkylation sites (tertiary alicyclic amines) is 1. The number of amides is 2. The number of benzene rings is 2. The molecule has 2 amide bonds. The fraction of sp³-hybridized carbons (Fsp3) is 0.300. The van der Waals surface area contributed by atoms with Crippen LogP contribution in [0.2, 0.25) is 5.02 Å². The minimum Gasteiger partial charge on any atom is -0.342 e. The third kappa shape index (κ3) is 4.60. The lowest BCUT2D eigenvalue weighted by molar-refractivity contribution is -0.131. The Hall–Kier alpha value is -2.33. The van der Waals surface area contributed by atoms with Crippen molar-refractivity contribution in [2.24, 2.45) is 0 Å². The van der Waals surface area contributed by atoms with E-state index in [4.69, 9.17) is 11.6 Å². The Morgan fingerprint density at radius 3 is 2.32 bits per heavy atom. The van der Waals surface area contributed by atoms with E-state index >= 15 is 0 Å². The van der Waals surface area contributed by atoms with Gasteiger partial charge in [-0.1, -0.05) is 35.9 Å². The van der Waals surface area contributed by atoms with E-state index in [1.165, 1.54) is 6.42 Å². The van der Waals surface area contributed by atoms with Gasteiger partial charge in [-0.3, -0.25) is 9.59 Å². The molecule has 1 saturated heterocycles. The minimum atomic E-state index is -0.247. The van der Waals surface area contributed by atoms with Crippen LogP contribution in [0.1, 0.15) is 35.2 Å². The second kappa shape index (κ2) is 8.17. The van der Waals surface area contributed by atoms with Crippen LogP contribution in [0, 0.1) is 0 Å². The third-order valence-corrected chi connectivity index (χ3v) is 4.72. The first kappa shape index (κ1) is 17.5. The highest BCUT2D eigenvalue weighted by Crippen LogP contribution is 2.18. The fourth-order valence-electron chi connectivity index (χ4n) is 2.98. The first-order chi connectivity index (χ1) is 12.1. The summed E-state index contributed by atoms with van der Waals surface area (Å²) in [6.07, 6.45) is 3.81. The van der Waals surface area contributed by atoms with Crippen LogP contribution in [0.5, 0.6) is 0 Å². The van der Waals surface area contributed by atoms with Gasteiger partial charge in [0.15, 0.2) is 0 Å². The third-order valence-electron chi connectivity index (χ3n) is 4.39. The average Bonchev–Trinajstić information content (AvgIpc) is 2.64. The number of hydrogen-bond donors (Lipinski definition) is 1. The molecule has 0 unspecified atom stereocenters. The Morgan fingerprint density at radius 2 is 1.64 bits per heavy atom. The number of nitrogens with one attached hydrogen (secondary N) is 1. The van der Waals surface area contributed by atoms with Crippen LogP contribution >= 0.6 is 11.6 Å². The molecular formula is C20H21ClN2O2. The summed E-state index contributed by atoms with van der Waals surface area (Å²) in [7, 11) is 0. The predicted molar refractivity (Wildman–Crippen MR) is 100.0 cm³/mol. The van der Waals surface area contributed by atoms with Crippen LogP contribution in [0.4, 0.5) is 5.69 Å². The zero-order valence-corrected chi connectivity index (χ0v) is 14.8. The van der Waals surface area contributed by atoms with Crippen LogP contribution in [0.25, 0.3) is 0 Å². The van der Waals surface area contributed by atoms with Gasteiger partial charge in [0.05, 0.1) is 17.0 Å². The van der Waals surface area contributed by atoms with Crippen LogP contribution in [-0.2, 0) is 11.2 Å². The topological polar surface area (TPSA) is 49.4 Å². The average molecular weight is 357 g/mol. The van der Waals surface area contributed by atoms with Gasteiger partial charge in [0, 0.05) is 18.8 Å². The maximum absolute atomic E-state index is 12.3. The number of piperidine rings is 1. The van der Waals surface area contributed by atoms with E-state index in [0.29, 0.717) is 22.7 Å². The van der Waals surface area contributed by atoms with Crippen molar-refractivity contribution in [1.29, 1.82) is 0 Å². The molecule has 0 saturated carbocycles. The molecule has 2 aromatic rings. The Bertz CT molecular complexity index is 753. The molecule has 0 radical (unpaired) electrons. The summed E-state index contributed by atoms with van der Waals surface area (Å²) in [6, 6.07) is 14.3. The highest BCUT2D eigenvalue weighted by molar-refractivity contribution is 6.34. The van der Waals surface area contributed by atoms with Crippen LogP contribution in [0.3, 0.4) is 0 Å². The zero-order valence-electron chi connectivity index (χ0n) is 14.0. The van der Waals surface area contributed by atoms with Gasteiger partial charge >= 0.3 is 0 Å². The van der Waals surface area contributed by atoms with Gasteiger partial charge in [0.1, 0.15) is 0 Å². The molecule has 1 fully saturated rings. The minimum absolute atomic E-state index is 0.174. The monoisotopic (exact) mass is 356 g/mol. The van der Waals surface area contributed by atoms with E-state index in [0.717, 1.165) is 31.5 Å². The van der Waals surface area contributed by atoms with Crippen molar-refractivity contribution in [2.45, 2.75) is 25.7 Å². The molecule has 0 atom stereocenters. The van der Waals surface area contributed by atoms with Crippen molar-refractivity contribution in [3.63, 3.8) is 0 Å². The standard InChI is InChI=1S/C20H21ClN2O2/c21-18-7-3-2-6-17(18)20(25)22-16-10-8-15(9-11-16)14-19(24)23-12-4-1-5-13-23/h2-3,6-11H,1,4-5,12-14H2,(H,22,25). The maximum atomic E-state index is 12.3. The normalized spacial score (nSPS) is 14.2. The Labute approximate surface area is 152 Å². The van der Waals surface area contributed by atoms with Gasteiger partial charge in [-0.25, -0.2) is 0 Å². The Balaban J connectivity index is 1.59. The number of carbonyl (C=O) groups excluding carboxylic acids is 2. The highest BCUT2D eigenvalue weighted by Gasteiger charge is 2.16. The summed E-state index contributed by atoms with van der Waals surface area (Å²) in [4.78, 5) is 26.5. The van der Waals surface area contributed by atoms with E-state index in [2.05, 4.69) is 5.32 Å². The van der Waals surface area contributed by atoms with Crippen molar-refractivity contribution in [2.75, 3.05) is 18.4 Å². The van der Waals surface area contributed by atoms with Crippen LogP contribution < -0.4 is 5.32 Å². The molecule has 3 rings (SSSR count). The van der Waals surface area contributed by atoms with Crippen molar-refractivity contribution in [3.05, 3.63) is 64.7 Å². The summed E-state index contributed by atoms with van der Waals surface area (Å²) in [5.74, 6) is -0.0738. The largest absolute Gasteiger partial charge is 0.342 e. The van der Waals surface area contributed by atoms with Gasteiger partial charge in [-0.15, -0.1) is 0 Å². The highest BCUT2D eigenvalue weighted by atomic mass is 35.5. The smallest absolute Gasteiger partial charge is 0.257 e. The van der Waals surface area contributed by atoms with E-state index in [9.17, 15) is 9.59 Å². The molecule has 1 aliphatic heterocycles.